The van der Waals surface area contributed by atoms with Crippen LogP contribution in [0.3, 0.4) is 0 Å². The largest absolute Gasteiger partial charge is 0.305 e. The minimum atomic E-state index is 0.560. The van der Waals surface area contributed by atoms with E-state index in [4.69, 9.17) is 0 Å². The van der Waals surface area contributed by atoms with Crippen LogP contribution in [-0.4, -0.2) is 19.8 Å². The number of fused-ring (bicyclic) bond motifs is 1. The van der Waals surface area contributed by atoms with Gasteiger partial charge in [-0.3, -0.25) is 0 Å². The highest BCUT2D eigenvalue weighted by Gasteiger charge is 2.34. The highest BCUT2D eigenvalue weighted by atomic mass is 15.1. The van der Waals surface area contributed by atoms with E-state index in [1.54, 1.807) is 0 Å². The first kappa shape index (κ1) is 7.32. The Morgan fingerprint density at radius 2 is 2.18 bits per heavy atom. The summed E-state index contributed by atoms with van der Waals surface area (Å²) in [5.74, 6) is 1.72. The second kappa shape index (κ2) is 2.95. The van der Waals surface area contributed by atoms with Gasteiger partial charge >= 0.3 is 0 Å². The lowest BCUT2D eigenvalue weighted by molar-refractivity contribution is 0.329. The average molecular weight is 152 g/mol. The van der Waals surface area contributed by atoms with Gasteiger partial charge in [0.25, 0.3) is 0 Å². The van der Waals surface area contributed by atoms with Gasteiger partial charge in [-0.2, -0.15) is 0 Å². The molecule has 62 valence electrons. The molecule has 1 aliphatic heterocycles. The number of rotatable bonds is 1. The fraction of sp³-hybridized carbons (Fsp3) is 0.778. The van der Waals surface area contributed by atoms with E-state index >= 15 is 0 Å². The van der Waals surface area contributed by atoms with E-state index in [9.17, 15) is 0 Å². The smallest absolute Gasteiger partial charge is 0.0604 e. The Hall–Kier alpha value is -0.340. The molecule has 3 unspecified atom stereocenters. The summed E-state index contributed by atoms with van der Waals surface area (Å²) in [6, 6.07) is 0. The van der Waals surface area contributed by atoms with Gasteiger partial charge < -0.3 is 10.6 Å². The number of hydrogen-bond donors (Lipinski definition) is 2. The predicted octanol–water partition coefficient (Wildman–Crippen LogP) is 0.717. The van der Waals surface area contributed by atoms with Crippen LogP contribution in [0.1, 0.15) is 12.8 Å². The topological polar surface area (TPSA) is 24.1 Å². The van der Waals surface area contributed by atoms with Crippen molar-refractivity contribution in [3.05, 3.63) is 12.2 Å². The second-order valence-electron chi connectivity index (χ2n) is 3.54. The zero-order chi connectivity index (χ0) is 7.68. The molecule has 2 aliphatic rings. The first-order valence-electron chi connectivity index (χ1n) is 4.47. The fourth-order valence-corrected chi connectivity index (χ4v) is 2.28. The van der Waals surface area contributed by atoms with Crippen molar-refractivity contribution in [3.63, 3.8) is 0 Å². The molecule has 0 aromatic heterocycles. The quantitative estimate of drug-likeness (QED) is 0.541. The Labute approximate surface area is 68.1 Å². The molecule has 0 aromatic carbocycles. The highest BCUT2D eigenvalue weighted by molar-refractivity contribution is 5.01. The molecular formula is C9H16N2. The van der Waals surface area contributed by atoms with Crippen LogP contribution in [0, 0.1) is 11.8 Å². The van der Waals surface area contributed by atoms with Gasteiger partial charge in [-0.15, -0.1) is 0 Å². The first-order chi connectivity index (χ1) is 5.42. The molecule has 1 heterocycles. The molecule has 0 aromatic rings. The van der Waals surface area contributed by atoms with Crippen molar-refractivity contribution >= 4 is 0 Å². The molecule has 11 heavy (non-hydrogen) atoms. The van der Waals surface area contributed by atoms with Crippen molar-refractivity contribution in [1.29, 1.82) is 0 Å². The molecule has 0 radical (unpaired) electrons. The van der Waals surface area contributed by atoms with Gasteiger partial charge in [-0.1, -0.05) is 12.2 Å². The molecule has 2 heteroatoms. The van der Waals surface area contributed by atoms with Crippen LogP contribution < -0.4 is 10.6 Å². The van der Waals surface area contributed by atoms with Gasteiger partial charge in [0.1, 0.15) is 0 Å². The lowest BCUT2D eigenvalue weighted by Gasteiger charge is -2.24. The van der Waals surface area contributed by atoms with E-state index in [0.29, 0.717) is 6.17 Å². The number of hydrogen-bond acceptors (Lipinski definition) is 2. The third-order valence-electron chi connectivity index (χ3n) is 2.96. The lowest BCUT2D eigenvalue weighted by atomic mass is 9.84. The Kier molecular flexibility index (Phi) is 1.96. The SMILES string of the molecule is CNC1NCC2CC=CCC21. The van der Waals surface area contributed by atoms with Crippen LogP contribution in [0.25, 0.3) is 0 Å². The van der Waals surface area contributed by atoms with Gasteiger partial charge in [-0.05, 0) is 31.7 Å². The maximum Gasteiger partial charge on any atom is 0.0604 e. The van der Waals surface area contributed by atoms with Crippen LogP contribution in [0.4, 0.5) is 0 Å². The normalized spacial score (nSPS) is 42.5. The average Bonchev–Trinajstić information content (AvgIpc) is 2.47. The Balaban J connectivity index is 2.05. The maximum absolute atomic E-state index is 3.50. The monoisotopic (exact) mass is 152 g/mol. The van der Waals surface area contributed by atoms with Crippen molar-refractivity contribution in [2.24, 2.45) is 11.8 Å². The molecule has 0 amide bonds. The Morgan fingerprint density at radius 3 is 3.00 bits per heavy atom. The highest BCUT2D eigenvalue weighted by Crippen LogP contribution is 2.31. The third kappa shape index (κ3) is 1.21. The minimum Gasteiger partial charge on any atom is -0.305 e. The van der Waals surface area contributed by atoms with Crippen molar-refractivity contribution in [2.45, 2.75) is 19.0 Å². The number of nitrogens with one attached hydrogen (secondary N) is 2. The van der Waals surface area contributed by atoms with Crippen molar-refractivity contribution in [2.75, 3.05) is 13.6 Å². The molecule has 2 N–H and O–H groups in total. The first-order valence-corrected chi connectivity index (χ1v) is 4.47. The van der Waals surface area contributed by atoms with Crippen LogP contribution in [-0.2, 0) is 0 Å². The summed E-state index contributed by atoms with van der Waals surface area (Å²) < 4.78 is 0. The van der Waals surface area contributed by atoms with Gasteiger partial charge in [-0.25, -0.2) is 0 Å². The van der Waals surface area contributed by atoms with E-state index in [0.717, 1.165) is 11.8 Å². The summed E-state index contributed by atoms with van der Waals surface area (Å²) in [5.41, 5.74) is 0. The van der Waals surface area contributed by atoms with Gasteiger partial charge in [0, 0.05) is 6.54 Å². The van der Waals surface area contributed by atoms with Gasteiger partial charge in [0.15, 0.2) is 0 Å². The van der Waals surface area contributed by atoms with Gasteiger partial charge in [0.2, 0.25) is 0 Å². The van der Waals surface area contributed by atoms with E-state index in [-0.39, 0.29) is 0 Å². The predicted molar refractivity (Wildman–Crippen MR) is 46.2 cm³/mol. The summed E-state index contributed by atoms with van der Waals surface area (Å²) >= 11 is 0. The van der Waals surface area contributed by atoms with Crippen molar-refractivity contribution in [3.8, 4) is 0 Å². The van der Waals surface area contributed by atoms with E-state index < -0.39 is 0 Å². The van der Waals surface area contributed by atoms with E-state index in [2.05, 4.69) is 22.8 Å². The molecule has 1 aliphatic carbocycles. The standard InChI is InChI=1S/C9H16N2/c1-10-9-8-5-3-2-4-7(8)6-11-9/h2-3,7-11H,4-6H2,1H3. The lowest BCUT2D eigenvalue weighted by Crippen LogP contribution is -2.39. The van der Waals surface area contributed by atoms with Crippen LogP contribution >= 0.6 is 0 Å². The number of allylic oxidation sites excluding steroid dienone is 2. The summed E-state index contributed by atoms with van der Waals surface area (Å²) in [4.78, 5) is 0. The summed E-state index contributed by atoms with van der Waals surface area (Å²) in [5, 5.41) is 6.82. The van der Waals surface area contributed by atoms with E-state index in [1.807, 2.05) is 7.05 Å². The molecule has 2 rings (SSSR count). The van der Waals surface area contributed by atoms with Crippen molar-refractivity contribution < 1.29 is 0 Å². The van der Waals surface area contributed by atoms with Crippen LogP contribution in [0.2, 0.25) is 0 Å². The Morgan fingerprint density at radius 1 is 1.36 bits per heavy atom. The van der Waals surface area contributed by atoms with Crippen LogP contribution in [0.15, 0.2) is 12.2 Å². The third-order valence-corrected chi connectivity index (χ3v) is 2.96. The molecule has 3 atom stereocenters. The molecular weight excluding hydrogens is 136 g/mol. The summed E-state index contributed by atoms with van der Waals surface area (Å²) in [6.45, 7) is 1.19. The van der Waals surface area contributed by atoms with Gasteiger partial charge in [0.05, 0.1) is 6.17 Å². The van der Waals surface area contributed by atoms with Crippen molar-refractivity contribution in [1.82, 2.24) is 10.6 Å². The molecule has 0 spiro atoms. The van der Waals surface area contributed by atoms with E-state index in [1.165, 1.54) is 19.4 Å². The fourth-order valence-electron chi connectivity index (χ4n) is 2.28. The summed E-state index contributed by atoms with van der Waals surface area (Å²) in [7, 11) is 2.04. The molecule has 1 fully saturated rings. The maximum atomic E-state index is 3.50. The van der Waals surface area contributed by atoms with Crippen LogP contribution in [0.5, 0.6) is 0 Å². The minimum absolute atomic E-state index is 0.560. The Bertz CT molecular complexity index is 165. The molecule has 0 saturated carbocycles. The summed E-state index contributed by atoms with van der Waals surface area (Å²) in [6.07, 6.45) is 7.73. The zero-order valence-corrected chi connectivity index (χ0v) is 7.01. The zero-order valence-electron chi connectivity index (χ0n) is 7.01. The second-order valence-corrected chi connectivity index (χ2v) is 3.54. The molecule has 2 nitrogen and oxygen atoms in total. The molecule has 0 bridgehead atoms. The molecule has 1 saturated heterocycles.